The lowest BCUT2D eigenvalue weighted by Crippen LogP contribution is -2.20. The van der Waals surface area contributed by atoms with Crippen LogP contribution in [-0.4, -0.2) is 35.1 Å². The van der Waals surface area contributed by atoms with Gasteiger partial charge in [-0.15, -0.1) is 10.2 Å². The van der Waals surface area contributed by atoms with Crippen LogP contribution < -0.4 is 0 Å². The van der Waals surface area contributed by atoms with Crippen molar-refractivity contribution in [3.8, 4) is 0 Å². The quantitative estimate of drug-likeness (QED) is 0.514. The van der Waals surface area contributed by atoms with Crippen LogP contribution in [0.4, 0.5) is 0 Å². The van der Waals surface area contributed by atoms with E-state index in [9.17, 15) is 0 Å². The van der Waals surface area contributed by atoms with E-state index in [1.54, 1.807) is 24.8 Å². The second kappa shape index (κ2) is 2.78. The molecule has 0 atom stereocenters. The molecule has 7 heteroatoms. The van der Waals surface area contributed by atoms with Crippen LogP contribution in [0.2, 0.25) is 0 Å². The number of hydrogen-bond donors (Lipinski definition) is 0. The zero-order valence-corrected chi connectivity index (χ0v) is 6.72. The summed E-state index contributed by atoms with van der Waals surface area (Å²) in [6.45, 7) is 0. The molecule has 60 valence electrons. The second-order valence-electron chi connectivity index (χ2n) is 1.98. The van der Waals surface area contributed by atoms with E-state index in [-0.39, 0.29) is 0 Å². The highest BCUT2D eigenvalue weighted by Crippen LogP contribution is 1.87. The Morgan fingerprint density at radius 1 is 1.00 bits per heavy atom. The van der Waals surface area contributed by atoms with Crippen molar-refractivity contribution >= 4 is 17.3 Å². The third-order valence-electron chi connectivity index (χ3n) is 1.24. The average Bonchev–Trinajstić information content (AvgIpc) is 2.77. The minimum Gasteiger partial charge on any atom is -0.192 e. The Bertz CT molecular complexity index is 326. The van der Waals surface area contributed by atoms with Gasteiger partial charge in [0.1, 0.15) is 0 Å². The van der Waals surface area contributed by atoms with Crippen molar-refractivity contribution in [3.63, 3.8) is 0 Å². The van der Waals surface area contributed by atoms with Gasteiger partial charge in [0.25, 0.3) is 0 Å². The van der Waals surface area contributed by atoms with E-state index in [1.807, 2.05) is 0 Å². The maximum Gasteiger partial charge on any atom is 0.224 e. The molecule has 0 bridgehead atoms. The van der Waals surface area contributed by atoms with Gasteiger partial charge in [-0.2, -0.15) is 9.36 Å². The molecule has 0 saturated heterocycles. The van der Waals surface area contributed by atoms with Crippen molar-refractivity contribution in [1.29, 1.82) is 0 Å². The lowest BCUT2D eigenvalue weighted by molar-refractivity contribution is 0.768. The minimum atomic E-state index is 0.421. The molecule has 2 heterocycles. The predicted octanol–water partition coefficient (Wildman–Crippen LogP) is -0.449. The molecule has 0 fully saturated rings. The Morgan fingerprint density at radius 2 is 1.50 bits per heavy atom. The molecule has 0 radical (unpaired) electrons. The first-order valence-electron chi connectivity index (χ1n) is 3.15. The smallest absolute Gasteiger partial charge is 0.192 e. The van der Waals surface area contributed by atoms with E-state index in [0.29, 0.717) is 5.11 Å². The lowest BCUT2D eigenvalue weighted by atomic mass is 10.8. The van der Waals surface area contributed by atoms with E-state index < -0.39 is 0 Å². The summed E-state index contributed by atoms with van der Waals surface area (Å²) in [4.78, 5) is 0. The van der Waals surface area contributed by atoms with Gasteiger partial charge in [-0.05, 0) is 12.2 Å². The molecule has 2 rings (SSSR count). The molecule has 12 heavy (non-hydrogen) atoms. The number of rotatable bonds is 0. The van der Waals surface area contributed by atoms with Crippen molar-refractivity contribution < 1.29 is 0 Å². The largest absolute Gasteiger partial charge is 0.224 e. The van der Waals surface area contributed by atoms with Gasteiger partial charge >= 0.3 is 0 Å². The molecule has 0 amide bonds. The Labute approximate surface area is 72.8 Å². The molecule has 0 spiro atoms. The third kappa shape index (κ3) is 1.10. The molecular weight excluding hydrogens is 176 g/mol. The van der Waals surface area contributed by atoms with Crippen molar-refractivity contribution in [1.82, 2.24) is 30.0 Å². The van der Waals surface area contributed by atoms with Crippen LogP contribution in [0.15, 0.2) is 24.8 Å². The zero-order chi connectivity index (χ0) is 8.39. The molecular formula is C5H4N6S. The highest BCUT2D eigenvalue weighted by Gasteiger charge is 2.02. The highest BCUT2D eigenvalue weighted by molar-refractivity contribution is 7.80. The second-order valence-corrected chi connectivity index (χ2v) is 2.34. The molecule has 0 aliphatic heterocycles. The Kier molecular flexibility index (Phi) is 1.63. The Morgan fingerprint density at radius 3 is 1.83 bits per heavy atom. The van der Waals surface area contributed by atoms with Crippen LogP contribution >= 0.6 is 12.2 Å². The minimum absolute atomic E-state index is 0.421. The summed E-state index contributed by atoms with van der Waals surface area (Å²) in [7, 11) is 0. The number of thiocarbonyl (C=S) groups is 1. The van der Waals surface area contributed by atoms with Gasteiger partial charge in [-0.1, -0.05) is 10.4 Å². The highest BCUT2D eigenvalue weighted by atomic mass is 32.1. The molecule has 0 aliphatic carbocycles. The third-order valence-corrected chi connectivity index (χ3v) is 1.61. The van der Waals surface area contributed by atoms with Crippen molar-refractivity contribution in [2.45, 2.75) is 0 Å². The van der Waals surface area contributed by atoms with Gasteiger partial charge < -0.3 is 0 Å². The van der Waals surface area contributed by atoms with Crippen molar-refractivity contribution in [2.24, 2.45) is 0 Å². The molecule has 2 aromatic rings. The number of aromatic nitrogens is 6. The van der Waals surface area contributed by atoms with E-state index >= 15 is 0 Å². The number of hydrogen-bond acceptors (Lipinski definition) is 5. The van der Waals surface area contributed by atoms with Crippen LogP contribution in [0.25, 0.3) is 0 Å². The molecule has 0 unspecified atom stereocenters. The maximum absolute atomic E-state index is 5.02. The first-order valence-corrected chi connectivity index (χ1v) is 3.56. The van der Waals surface area contributed by atoms with Gasteiger partial charge in [0.15, 0.2) is 0 Å². The molecule has 0 aliphatic rings. The fraction of sp³-hybridized carbons (Fsp3) is 0. The molecule has 0 aromatic carbocycles. The van der Waals surface area contributed by atoms with Crippen LogP contribution in [0.5, 0.6) is 0 Å². The summed E-state index contributed by atoms with van der Waals surface area (Å²) in [5.41, 5.74) is 0. The van der Waals surface area contributed by atoms with Crippen LogP contribution in [-0.2, 0) is 0 Å². The molecule has 0 saturated carbocycles. The summed E-state index contributed by atoms with van der Waals surface area (Å²) < 4.78 is 2.87. The van der Waals surface area contributed by atoms with E-state index in [4.69, 9.17) is 12.2 Å². The van der Waals surface area contributed by atoms with Crippen LogP contribution in [0.1, 0.15) is 0 Å². The normalized spacial score (nSPS) is 10.0. The van der Waals surface area contributed by atoms with Gasteiger partial charge in [-0.25, -0.2) is 0 Å². The van der Waals surface area contributed by atoms with Crippen LogP contribution in [0, 0.1) is 0 Å². The van der Waals surface area contributed by atoms with Gasteiger partial charge in [0, 0.05) is 0 Å². The Balaban J connectivity index is 2.34. The average molecular weight is 180 g/mol. The molecule has 0 N–H and O–H groups in total. The summed E-state index contributed by atoms with van der Waals surface area (Å²) in [6, 6.07) is 0. The first-order chi connectivity index (χ1) is 5.88. The fourth-order valence-corrected chi connectivity index (χ4v) is 0.920. The summed E-state index contributed by atoms with van der Waals surface area (Å²) in [5.74, 6) is 0. The topological polar surface area (TPSA) is 61.4 Å². The first kappa shape index (κ1) is 7.04. The van der Waals surface area contributed by atoms with Crippen molar-refractivity contribution in [2.75, 3.05) is 0 Å². The summed E-state index contributed by atoms with van der Waals surface area (Å²) >= 11 is 5.02. The number of nitrogens with zero attached hydrogens (tertiary/aromatic N) is 6. The SMILES string of the molecule is S=C(n1ccnn1)n1ccnn1. The Hall–Kier alpha value is -1.63. The van der Waals surface area contributed by atoms with E-state index in [1.165, 1.54) is 9.36 Å². The molecule has 6 nitrogen and oxygen atoms in total. The van der Waals surface area contributed by atoms with E-state index in [0.717, 1.165) is 0 Å². The van der Waals surface area contributed by atoms with Gasteiger partial charge in [0.2, 0.25) is 5.11 Å². The van der Waals surface area contributed by atoms with Crippen LogP contribution in [0.3, 0.4) is 0 Å². The standard InChI is InChI=1S/C5H4N6S/c12-5(10-3-1-6-8-10)11-4-2-7-9-11/h1-4H. The lowest BCUT2D eigenvalue weighted by Gasteiger charge is -1.98. The van der Waals surface area contributed by atoms with Crippen molar-refractivity contribution in [3.05, 3.63) is 24.8 Å². The summed E-state index contributed by atoms with van der Waals surface area (Å²) in [6.07, 6.45) is 6.38. The predicted molar refractivity (Wildman–Crippen MR) is 43.4 cm³/mol. The maximum atomic E-state index is 5.02. The monoisotopic (exact) mass is 180 g/mol. The van der Waals surface area contributed by atoms with E-state index in [2.05, 4.69) is 20.6 Å². The van der Waals surface area contributed by atoms with Gasteiger partial charge in [0.05, 0.1) is 24.8 Å². The molecule has 2 aromatic heterocycles. The summed E-state index contributed by atoms with van der Waals surface area (Å²) in [5, 5.41) is 15.1. The van der Waals surface area contributed by atoms with Gasteiger partial charge in [-0.3, -0.25) is 0 Å². The zero-order valence-electron chi connectivity index (χ0n) is 5.90. The fourth-order valence-electron chi connectivity index (χ4n) is 0.725.